The summed E-state index contributed by atoms with van der Waals surface area (Å²) in [7, 11) is 0. The van der Waals surface area contributed by atoms with Crippen molar-refractivity contribution in [1.29, 1.82) is 0 Å². The van der Waals surface area contributed by atoms with E-state index in [9.17, 15) is 4.79 Å². The molecule has 0 saturated carbocycles. The number of hydrogen-bond acceptors (Lipinski definition) is 3. The number of carbonyl (C=O) groups is 1. The summed E-state index contributed by atoms with van der Waals surface area (Å²) in [4.78, 5) is 12.5. The van der Waals surface area contributed by atoms with Crippen molar-refractivity contribution >= 4 is 29.4 Å². The molecule has 0 amide bonds. The normalized spacial score (nSPS) is 13.2. The quantitative estimate of drug-likeness (QED) is 0.561. The van der Waals surface area contributed by atoms with Gasteiger partial charge in [0.05, 0.1) is 4.88 Å². The van der Waals surface area contributed by atoms with Crippen LogP contribution >= 0.6 is 23.1 Å². The molecule has 0 bridgehead atoms. The molecule has 0 N–H and O–H groups in total. The Morgan fingerprint density at radius 3 is 2.62 bits per heavy atom. The first kappa shape index (κ1) is 10.8. The third kappa shape index (κ3) is 3.16. The Morgan fingerprint density at radius 2 is 2.15 bits per heavy atom. The monoisotopic (exact) mass is 214 g/mol. The van der Waals surface area contributed by atoms with Crippen LogP contribution in [0.1, 0.15) is 30.4 Å². The van der Waals surface area contributed by atoms with Crippen LogP contribution in [0.3, 0.4) is 0 Å². The Balaban J connectivity index is 2.58. The van der Waals surface area contributed by atoms with E-state index in [0.29, 0.717) is 11.2 Å². The van der Waals surface area contributed by atoms with Crippen LogP contribution in [0.25, 0.3) is 0 Å². The molecule has 1 unspecified atom stereocenters. The van der Waals surface area contributed by atoms with Crippen LogP contribution in [0, 0.1) is 5.92 Å². The van der Waals surface area contributed by atoms with Gasteiger partial charge in [-0.2, -0.15) is 0 Å². The Hall–Kier alpha value is -0.280. The molecule has 0 fully saturated rings. The average Bonchev–Trinajstić information content (AvgIpc) is 2.52. The van der Waals surface area contributed by atoms with E-state index in [-0.39, 0.29) is 0 Å². The van der Waals surface area contributed by atoms with Crippen LogP contribution in [0.4, 0.5) is 0 Å². The van der Waals surface area contributed by atoms with Crippen molar-refractivity contribution in [2.75, 3.05) is 0 Å². The minimum Gasteiger partial charge on any atom is -0.297 e. The number of aldehydes is 1. The summed E-state index contributed by atoms with van der Waals surface area (Å²) in [5.74, 6) is 0.671. The Labute approximate surface area is 87.5 Å². The highest BCUT2D eigenvalue weighted by Gasteiger charge is 2.09. The van der Waals surface area contributed by atoms with Gasteiger partial charge in [0.15, 0.2) is 6.29 Å². The van der Waals surface area contributed by atoms with E-state index >= 15 is 0 Å². The zero-order valence-corrected chi connectivity index (χ0v) is 9.74. The number of hydrogen-bond donors (Lipinski definition) is 0. The summed E-state index contributed by atoms with van der Waals surface area (Å²) in [6.07, 6.45) is 0.911. The van der Waals surface area contributed by atoms with Gasteiger partial charge in [-0.3, -0.25) is 4.79 Å². The summed E-state index contributed by atoms with van der Waals surface area (Å²) in [5, 5.41) is 2.65. The molecule has 13 heavy (non-hydrogen) atoms. The lowest BCUT2D eigenvalue weighted by molar-refractivity contribution is 0.112. The Morgan fingerprint density at radius 1 is 1.46 bits per heavy atom. The molecule has 0 aliphatic heterocycles. The number of carbonyl (C=O) groups excluding carboxylic acids is 1. The first-order valence-corrected chi connectivity index (χ1v) is 6.09. The van der Waals surface area contributed by atoms with E-state index in [4.69, 9.17) is 0 Å². The van der Waals surface area contributed by atoms with Gasteiger partial charge in [-0.1, -0.05) is 20.8 Å². The van der Waals surface area contributed by atoms with Crippen molar-refractivity contribution < 1.29 is 4.79 Å². The lowest BCUT2D eigenvalue weighted by Gasteiger charge is -2.13. The SMILES string of the molecule is CC(C)C(C)Sc1csc(C=O)c1. The molecule has 1 heterocycles. The van der Waals surface area contributed by atoms with Crippen LogP contribution in [-0.2, 0) is 0 Å². The predicted molar refractivity (Wildman–Crippen MR) is 59.9 cm³/mol. The fourth-order valence-electron chi connectivity index (χ4n) is 0.809. The molecule has 0 aliphatic carbocycles. The molecule has 0 radical (unpaired) electrons. The Kier molecular flexibility index (Phi) is 4.00. The third-order valence-electron chi connectivity index (χ3n) is 1.97. The topological polar surface area (TPSA) is 17.1 Å². The summed E-state index contributed by atoms with van der Waals surface area (Å²) in [6, 6.07) is 1.96. The van der Waals surface area contributed by atoms with E-state index in [0.717, 1.165) is 11.2 Å². The highest BCUT2D eigenvalue weighted by molar-refractivity contribution is 8.00. The van der Waals surface area contributed by atoms with Gasteiger partial charge in [0.2, 0.25) is 0 Å². The molecule has 0 aliphatic rings. The van der Waals surface area contributed by atoms with Crippen LogP contribution < -0.4 is 0 Å². The van der Waals surface area contributed by atoms with E-state index in [2.05, 4.69) is 20.8 Å². The first-order valence-electron chi connectivity index (χ1n) is 4.34. The number of rotatable bonds is 4. The summed E-state index contributed by atoms with van der Waals surface area (Å²) in [6.45, 7) is 6.64. The van der Waals surface area contributed by atoms with E-state index in [1.807, 2.05) is 23.2 Å². The van der Waals surface area contributed by atoms with Crippen molar-refractivity contribution in [2.24, 2.45) is 5.92 Å². The molecule has 0 aromatic carbocycles. The zero-order valence-electron chi connectivity index (χ0n) is 8.11. The van der Waals surface area contributed by atoms with Gasteiger partial charge < -0.3 is 0 Å². The predicted octanol–water partition coefficient (Wildman–Crippen LogP) is 3.70. The second kappa shape index (κ2) is 4.82. The largest absolute Gasteiger partial charge is 0.297 e. The van der Waals surface area contributed by atoms with Crippen molar-refractivity contribution in [3.8, 4) is 0 Å². The summed E-state index contributed by atoms with van der Waals surface area (Å²) < 4.78 is 0. The fourth-order valence-corrected chi connectivity index (χ4v) is 2.72. The Bertz CT molecular complexity index is 278. The molecule has 1 nitrogen and oxygen atoms in total. The van der Waals surface area contributed by atoms with Crippen molar-refractivity contribution in [1.82, 2.24) is 0 Å². The highest BCUT2D eigenvalue weighted by atomic mass is 32.2. The summed E-state index contributed by atoms with van der Waals surface area (Å²) in [5.41, 5.74) is 0. The fraction of sp³-hybridized carbons (Fsp3) is 0.500. The van der Waals surface area contributed by atoms with Gasteiger partial charge in [0.1, 0.15) is 0 Å². The highest BCUT2D eigenvalue weighted by Crippen LogP contribution is 2.30. The second-order valence-electron chi connectivity index (χ2n) is 3.37. The van der Waals surface area contributed by atoms with Crippen molar-refractivity contribution in [3.63, 3.8) is 0 Å². The van der Waals surface area contributed by atoms with E-state index < -0.39 is 0 Å². The number of thioether (sulfide) groups is 1. The minimum absolute atomic E-state index is 0.606. The standard InChI is InChI=1S/C10H14OS2/c1-7(2)8(3)13-10-4-9(5-11)12-6-10/h4-8H,1-3H3. The van der Waals surface area contributed by atoms with Gasteiger partial charge in [0.25, 0.3) is 0 Å². The molecule has 72 valence electrons. The second-order valence-corrected chi connectivity index (χ2v) is 5.76. The first-order chi connectivity index (χ1) is 6.13. The zero-order chi connectivity index (χ0) is 9.84. The third-order valence-corrected chi connectivity index (χ3v) is 4.40. The van der Waals surface area contributed by atoms with Gasteiger partial charge in [-0.15, -0.1) is 23.1 Å². The van der Waals surface area contributed by atoms with Crippen LogP contribution in [0.15, 0.2) is 16.3 Å². The molecule has 1 atom stereocenters. The van der Waals surface area contributed by atoms with Crippen molar-refractivity contribution in [3.05, 3.63) is 16.3 Å². The maximum Gasteiger partial charge on any atom is 0.160 e. The summed E-state index contributed by atoms with van der Waals surface area (Å²) >= 11 is 3.35. The maximum absolute atomic E-state index is 10.4. The van der Waals surface area contributed by atoms with E-state index in [1.54, 1.807) is 0 Å². The van der Waals surface area contributed by atoms with E-state index in [1.165, 1.54) is 16.2 Å². The molecule has 0 saturated heterocycles. The van der Waals surface area contributed by atoms with Crippen LogP contribution in [0.5, 0.6) is 0 Å². The lowest BCUT2D eigenvalue weighted by Crippen LogP contribution is -2.04. The smallest absolute Gasteiger partial charge is 0.160 e. The van der Waals surface area contributed by atoms with Gasteiger partial charge in [-0.25, -0.2) is 0 Å². The molecule has 0 spiro atoms. The molecular weight excluding hydrogens is 200 g/mol. The van der Waals surface area contributed by atoms with Crippen LogP contribution in [0.2, 0.25) is 0 Å². The molecule has 1 aromatic rings. The lowest BCUT2D eigenvalue weighted by atomic mass is 10.2. The molecule has 1 rings (SSSR count). The minimum atomic E-state index is 0.606. The van der Waals surface area contributed by atoms with Crippen LogP contribution in [-0.4, -0.2) is 11.5 Å². The molecular formula is C10H14OS2. The van der Waals surface area contributed by atoms with Gasteiger partial charge in [-0.05, 0) is 12.0 Å². The van der Waals surface area contributed by atoms with Gasteiger partial charge >= 0.3 is 0 Å². The van der Waals surface area contributed by atoms with Gasteiger partial charge in [0, 0.05) is 15.5 Å². The van der Waals surface area contributed by atoms with Crippen molar-refractivity contribution in [2.45, 2.75) is 30.9 Å². The maximum atomic E-state index is 10.4. The average molecular weight is 214 g/mol. The molecule has 3 heteroatoms. The molecule has 1 aromatic heterocycles. The number of thiophene rings is 1.